The highest BCUT2D eigenvalue weighted by Crippen LogP contribution is 2.29. The first-order chi connectivity index (χ1) is 7.70. The molecule has 0 saturated carbocycles. The van der Waals surface area contributed by atoms with Gasteiger partial charge in [-0.3, -0.25) is 0 Å². The molecule has 1 fully saturated rings. The summed E-state index contributed by atoms with van der Waals surface area (Å²) in [5, 5.41) is 0. The van der Waals surface area contributed by atoms with E-state index in [1.807, 2.05) is 0 Å². The summed E-state index contributed by atoms with van der Waals surface area (Å²) in [5.41, 5.74) is 8.21. The quantitative estimate of drug-likeness (QED) is 0.664. The third-order valence-electron chi connectivity index (χ3n) is 3.52. The molecule has 16 heavy (non-hydrogen) atoms. The standard InChI is InChI=1S/C13H19IN2/c1-2-10-5-7-16(8-6-10)13-4-3-11(14)9-12(13)15/h3-4,9-10H,2,5-8,15H2,1H3. The minimum Gasteiger partial charge on any atom is -0.397 e. The monoisotopic (exact) mass is 330 g/mol. The highest BCUT2D eigenvalue weighted by molar-refractivity contribution is 14.1. The molecule has 1 aliphatic heterocycles. The Balaban J connectivity index is 2.08. The van der Waals surface area contributed by atoms with Crippen molar-refractivity contribution in [2.45, 2.75) is 26.2 Å². The second-order valence-corrected chi connectivity index (χ2v) is 5.79. The molecule has 3 heteroatoms. The van der Waals surface area contributed by atoms with Crippen LogP contribution in [-0.4, -0.2) is 13.1 Å². The maximum Gasteiger partial charge on any atom is 0.0600 e. The van der Waals surface area contributed by atoms with Crippen molar-refractivity contribution in [1.29, 1.82) is 0 Å². The molecule has 0 bridgehead atoms. The molecule has 0 atom stereocenters. The Morgan fingerprint density at radius 3 is 2.62 bits per heavy atom. The van der Waals surface area contributed by atoms with Crippen molar-refractivity contribution in [3.05, 3.63) is 21.8 Å². The van der Waals surface area contributed by atoms with Crippen molar-refractivity contribution in [2.75, 3.05) is 23.7 Å². The van der Waals surface area contributed by atoms with E-state index in [0.29, 0.717) is 0 Å². The second-order valence-electron chi connectivity index (χ2n) is 4.54. The predicted octanol–water partition coefficient (Wildman–Crippen LogP) is 3.50. The lowest BCUT2D eigenvalue weighted by atomic mass is 9.94. The number of hydrogen-bond donors (Lipinski definition) is 1. The molecular formula is C13H19IN2. The van der Waals surface area contributed by atoms with Crippen LogP contribution in [0, 0.1) is 9.49 Å². The zero-order valence-corrected chi connectivity index (χ0v) is 11.9. The summed E-state index contributed by atoms with van der Waals surface area (Å²) in [5.74, 6) is 0.918. The number of piperidine rings is 1. The van der Waals surface area contributed by atoms with Crippen molar-refractivity contribution < 1.29 is 0 Å². The molecular weight excluding hydrogens is 311 g/mol. The minimum atomic E-state index is 0.918. The molecule has 2 nitrogen and oxygen atoms in total. The second kappa shape index (κ2) is 5.25. The first-order valence-corrected chi connectivity index (χ1v) is 7.08. The summed E-state index contributed by atoms with van der Waals surface area (Å²) < 4.78 is 1.21. The molecule has 1 saturated heterocycles. The molecule has 0 aliphatic carbocycles. The van der Waals surface area contributed by atoms with Gasteiger partial charge in [-0.25, -0.2) is 0 Å². The van der Waals surface area contributed by atoms with Crippen molar-refractivity contribution in [3.63, 3.8) is 0 Å². The Labute approximate surface area is 111 Å². The fourth-order valence-electron chi connectivity index (χ4n) is 2.40. The molecule has 2 rings (SSSR count). The van der Waals surface area contributed by atoms with E-state index >= 15 is 0 Å². The Morgan fingerprint density at radius 2 is 2.06 bits per heavy atom. The molecule has 1 heterocycles. The summed E-state index contributed by atoms with van der Waals surface area (Å²) in [4.78, 5) is 2.43. The number of nitrogens with two attached hydrogens (primary N) is 1. The van der Waals surface area contributed by atoms with Crippen molar-refractivity contribution in [1.82, 2.24) is 0 Å². The van der Waals surface area contributed by atoms with Crippen molar-refractivity contribution in [3.8, 4) is 0 Å². The van der Waals surface area contributed by atoms with Gasteiger partial charge < -0.3 is 10.6 Å². The van der Waals surface area contributed by atoms with Crippen LogP contribution in [0.15, 0.2) is 18.2 Å². The fourth-order valence-corrected chi connectivity index (χ4v) is 2.91. The summed E-state index contributed by atoms with van der Waals surface area (Å²) in [6.45, 7) is 4.60. The van der Waals surface area contributed by atoms with Gasteiger partial charge in [0.25, 0.3) is 0 Å². The lowest BCUT2D eigenvalue weighted by Crippen LogP contribution is -2.33. The van der Waals surface area contributed by atoms with E-state index in [0.717, 1.165) is 24.7 Å². The van der Waals surface area contributed by atoms with Crippen LogP contribution in [0.2, 0.25) is 0 Å². The number of rotatable bonds is 2. The molecule has 0 spiro atoms. The third kappa shape index (κ3) is 2.62. The van der Waals surface area contributed by atoms with E-state index in [1.54, 1.807) is 0 Å². The first kappa shape index (κ1) is 12.0. The lowest BCUT2D eigenvalue weighted by Gasteiger charge is -2.34. The summed E-state index contributed by atoms with van der Waals surface area (Å²) in [6.07, 6.45) is 3.93. The minimum absolute atomic E-state index is 0.918. The number of benzene rings is 1. The average Bonchev–Trinajstić information content (AvgIpc) is 2.29. The number of halogens is 1. The van der Waals surface area contributed by atoms with Gasteiger partial charge in [-0.1, -0.05) is 13.3 Å². The maximum absolute atomic E-state index is 6.07. The molecule has 1 aromatic rings. The van der Waals surface area contributed by atoms with Gasteiger partial charge in [-0.2, -0.15) is 0 Å². The van der Waals surface area contributed by atoms with Crippen LogP contribution in [0.5, 0.6) is 0 Å². The third-order valence-corrected chi connectivity index (χ3v) is 4.19. The average molecular weight is 330 g/mol. The van der Waals surface area contributed by atoms with E-state index in [4.69, 9.17) is 5.73 Å². The van der Waals surface area contributed by atoms with Gasteiger partial charge in [-0.15, -0.1) is 0 Å². The maximum atomic E-state index is 6.07. The molecule has 0 radical (unpaired) electrons. The number of hydrogen-bond acceptors (Lipinski definition) is 2. The zero-order chi connectivity index (χ0) is 11.5. The summed E-state index contributed by atoms with van der Waals surface area (Å²) in [6, 6.07) is 6.35. The molecule has 2 N–H and O–H groups in total. The topological polar surface area (TPSA) is 29.3 Å². The van der Waals surface area contributed by atoms with Crippen LogP contribution in [0.3, 0.4) is 0 Å². The van der Waals surface area contributed by atoms with Gasteiger partial charge in [0.1, 0.15) is 0 Å². The van der Waals surface area contributed by atoms with Crippen molar-refractivity contribution in [2.24, 2.45) is 5.92 Å². The highest BCUT2D eigenvalue weighted by Gasteiger charge is 2.19. The SMILES string of the molecule is CCC1CCN(c2ccc(I)cc2N)CC1. The van der Waals surface area contributed by atoms with E-state index in [9.17, 15) is 0 Å². The Bertz CT molecular complexity index is 357. The fraction of sp³-hybridized carbons (Fsp3) is 0.538. The molecule has 88 valence electrons. The Kier molecular flexibility index (Phi) is 3.95. The van der Waals surface area contributed by atoms with E-state index in [1.165, 1.54) is 28.5 Å². The van der Waals surface area contributed by atoms with Crippen LogP contribution in [0.1, 0.15) is 26.2 Å². The molecule has 0 aromatic heterocycles. The number of nitrogen functional groups attached to an aromatic ring is 1. The van der Waals surface area contributed by atoms with E-state index in [2.05, 4.69) is 52.6 Å². The van der Waals surface area contributed by atoms with Crippen LogP contribution < -0.4 is 10.6 Å². The van der Waals surface area contributed by atoms with Crippen LogP contribution in [0.4, 0.5) is 11.4 Å². The van der Waals surface area contributed by atoms with Gasteiger partial charge in [0.15, 0.2) is 0 Å². The van der Waals surface area contributed by atoms with Crippen molar-refractivity contribution >= 4 is 34.0 Å². The van der Waals surface area contributed by atoms with Gasteiger partial charge >= 0.3 is 0 Å². The lowest BCUT2D eigenvalue weighted by molar-refractivity contribution is 0.395. The molecule has 0 unspecified atom stereocenters. The Morgan fingerprint density at radius 1 is 1.38 bits per heavy atom. The molecule has 0 amide bonds. The van der Waals surface area contributed by atoms with Crippen LogP contribution in [-0.2, 0) is 0 Å². The van der Waals surface area contributed by atoms with Gasteiger partial charge in [0.2, 0.25) is 0 Å². The summed E-state index contributed by atoms with van der Waals surface area (Å²) >= 11 is 2.30. The largest absolute Gasteiger partial charge is 0.397 e. The van der Waals surface area contributed by atoms with Gasteiger partial charge in [0.05, 0.1) is 11.4 Å². The van der Waals surface area contributed by atoms with Gasteiger partial charge in [0, 0.05) is 16.7 Å². The predicted molar refractivity (Wildman–Crippen MR) is 78.8 cm³/mol. The number of nitrogens with zero attached hydrogens (tertiary/aromatic N) is 1. The Hall–Kier alpha value is -0.450. The normalized spacial score (nSPS) is 17.8. The van der Waals surface area contributed by atoms with E-state index < -0.39 is 0 Å². The van der Waals surface area contributed by atoms with Crippen LogP contribution >= 0.6 is 22.6 Å². The van der Waals surface area contributed by atoms with Crippen LogP contribution in [0.25, 0.3) is 0 Å². The summed E-state index contributed by atoms with van der Waals surface area (Å²) in [7, 11) is 0. The first-order valence-electron chi connectivity index (χ1n) is 6.00. The zero-order valence-electron chi connectivity index (χ0n) is 9.75. The molecule has 1 aliphatic rings. The highest BCUT2D eigenvalue weighted by atomic mass is 127. The van der Waals surface area contributed by atoms with Gasteiger partial charge in [-0.05, 0) is 59.5 Å². The smallest absolute Gasteiger partial charge is 0.0600 e. The van der Waals surface area contributed by atoms with E-state index in [-0.39, 0.29) is 0 Å². The number of anilines is 2. The molecule has 1 aromatic carbocycles.